The third kappa shape index (κ3) is 11.8. The number of carbonyl (C=O) groups is 5. The molecule has 0 aromatic carbocycles. The number of cyclic esters (lactones) is 1. The van der Waals surface area contributed by atoms with Crippen LogP contribution in [0.4, 0.5) is 0 Å². The van der Waals surface area contributed by atoms with Crippen LogP contribution in [0.5, 0.6) is 0 Å². The molecular formula is C43H67NO15. The molecule has 3 aliphatic heterocycles. The van der Waals surface area contributed by atoms with Gasteiger partial charge in [0.2, 0.25) is 5.79 Å². The summed E-state index contributed by atoms with van der Waals surface area (Å²) in [7, 11) is 4.32. The maximum atomic E-state index is 14.3. The number of methoxy groups -OCH3 is 3. The summed E-state index contributed by atoms with van der Waals surface area (Å²) in [5.41, 5.74) is 0.751. The smallest absolute Gasteiger partial charge is 0.329 e. The third-order valence-corrected chi connectivity index (χ3v) is 12.8. The normalized spacial score (nSPS) is 39.9. The fourth-order valence-corrected chi connectivity index (χ4v) is 9.26. The molecule has 2 bridgehead atoms. The summed E-state index contributed by atoms with van der Waals surface area (Å²) in [4.78, 5) is 75.1. The molecule has 0 aromatic rings. The molecule has 14 atom stereocenters. The van der Waals surface area contributed by atoms with Crippen molar-refractivity contribution in [2.75, 3.05) is 27.9 Å². The Bertz CT molecular complexity index is 1550. The summed E-state index contributed by atoms with van der Waals surface area (Å²) in [6.07, 6.45) is -0.733. The van der Waals surface area contributed by atoms with Gasteiger partial charge >= 0.3 is 5.97 Å². The van der Waals surface area contributed by atoms with Crippen LogP contribution in [0.25, 0.3) is 0 Å². The number of esters is 1. The van der Waals surface area contributed by atoms with Gasteiger partial charge in [-0.1, -0.05) is 32.4 Å². The van der Waals surface area contributed by atoms with Crippen molar-refractivity contribution in [1.82, 2.24) is 4.90 Å². The first-order valence-electron chi connectivity index (χ1n) is 21.0. The van der Waals surface area contributed by atoms with E-state index in [2.05, 4.69) is 0 Å². The van der Waals surface area contributed by atoms with E-state index < -0.39 is 95.8 Å². The number of aliphatic hydroxyl groups is 3. The van der Waals surface area contributed by atoms with Crippen LogP contribution >= 0.6 is 0 Å². The number of piperidine rings is 1. The highest BCUT2D eigenvalue weighted by Gasteiger charge is 2.57. The van der Waals surface area contributed by atoms with E-state index >= 15 is 0 Å². The van der Waals surface area contributed by atoms with E-state index in [0.29, 0.717) is 38.5 Å². The Morgan fingerprint density at radius 1 is 0.932 bits per heavy atom. The summed E-state index contributed by atoms with van der Waals surface area (Å²) in [5, 5.41) is 44.3. The van der Waals surface area contributed by atoms with Crippen molar-refractivity contribution >= 4 is 29.2 Å². The molecule has 16 heteroatoms. The monoisotopic (exact) mass is 837 g/mol. The number of aliphatic hydroxyl groups excluding tert-OH is 2. The van der Waals surface area contributed by atoms with E-state index in [4.69, 9.17) is 28.6 Å². The van der Waals surface area contributed by atoms with Crippen molar-refractivity contribution < 1.29 is 73.1 Å². The highest BCUT2D eigenvalue weighted by Crippen LogP contribution is 2.39. The second kappa shape index (κ2) is 21.6. The maximum absolute atomic E-state index is 14.3. The van der Waals surface area contributed by atoms with Gasteiger partial charge in [0, 0.05) is 51.4 Å². The molecule has 3 fully saturated rings. The lowest BCUT2D eigenvalue weighted by Gasteiger charge is -2.46. The molecular weight excluding hydrogens is 770 g/mol. The number of ketones is 3. The van der Waals surface area contributed by atoms with E-state index in [0.717, 1.165) is 10.5 Å². The van der Waals surface area contributed by atoms with E-state index in [-0.39, 0.29) is 62.0 Å². The van der Waals surface area contributed by atoms with Crippen molar-refractivity contribution in [3.8, 4) is 0 Å². The largest absolute Gasteiger partial charge is 0.497 e. The van der Waals surface area contributed by atoms with Crippen LogP contribution in [0.1, 0.15) is 105 Å². The molecule has 2 saturated heterocycles. The average molecular weight is 838 g/mol. The minimum atomic E-state index is -2.67. The van der Waals surface area contributed by atoms with Gasteiger partial charge in [-0.15, -0.1) is 0 Å². The van der Waals surface area contributed by atoms with E-state index in [1.54, 1.807) is 32.9 Å². The standard InChI is InChI=1S/C43H67NO15/c1-23-15-24(2)17-37(59-53)39-35(55-7)18-25(3)43(52,58-39)40(49)41(50)44-14-10-9-11-30(44)42(51)57-38(27(5)32(47)22-33(48)29(16-23)19-26(4)45)36(56-8)21-28-12-13-31(46)34(20-28)54-6/h16,21,24-25,27-32,34-35,37-39,46-47,52-53H,9-15,17-20,22H2,1-8H3/b23-16+,36-21-. The van der Waals surface area contributed by atoms with Gasteiger partial charge < -0.3 is 43.9 Å². The highest BCUT2D eigenvalue weighted by atomic mass is 17.1. The van der Waals surface area contributed by atoms with Crippen LogP contribution in [0, 0.1) is 29.6 Å². The number of ether oxygens (including phenoxy) is 5. The van der Waals surface area contributed by atoms with Crippen LogP contribution in [-0.2, 0) is 52.5 Å². The Labute approximate surface area is 347 Å². The number of hydrogen-bond acceptors (Lipinski definition) is 15. The topological polar surface area (TPSA) is 225 Å². The SMILES string of the molecule is CO/C(=C\C1CCC(O)C(OC)C1)C1OC(=O)C2CCCCN2C(=O)C(=O)C2(O)OC(C(OC)CC2C)C(OO)CC(C)C/C(C)=C/C(CC(C)=O)C(=O)CC(O)C1C. The lowest BCUT2D eigenvalue weighted by atomic mass is 9.82. The minimum absolute atomic E-state index is 0.00413. The van der Waals surface area contributed by atoms with Crippen molar-refractivity contribution in [1.29, 1.82) is 0 Å². The summed E-state index contributed by atoms with van der Waals surface area (Å²) in [5.74, 6) is -9.64. The molecule has 0 spiro atoms. The van der Waals surface area contributed by atoms with Crippen molar-refractivity contribution in [2.45, 2.75) is 160 Å². The van der Waals surface area contributed by atoms with Gasteiger partial charge in [-0.2, -0.15) is 0 Å². The molecule has 0 radical (unpaired) electrons. The second-order valence-corrected chi connectivity index (χ2v) is 17.4. The van der Waals surface area contributed by atoms with Crippen LogP contribution in [0.3, 0.4) is 0 Å². The zero-order chi connectivity index (χ0) is 43.8. The van der Waals surface area contributed by atoms with E-state index in [9.17, 15) is 44.5 Å². The first-order chi connectivity index (χ1) is 27.9. The number of hydrogen-bond donors (Lipinski definition) is 4. The predicted molar refractivity (Wildman–Crippen MR) is 211 cm³/mol. The molecule has 16 nitrogen and oxygen atoms in total. The highest BCUT2D eigenvalue weighted by molar-refractivity contribution is 6.39. The fourth-order valence-electron chi connectivity index (χ4n) is 9.26. The second-order valence-electron chi connectivity index (χ2n) is 17.4. The van der Waals surface area contributed by atoms with Crippen molar-refractivity contribution in [3.63, 3.8) is 0 Å². The average Bonchev–Trinajstić information content (AvgIpc) is 3.20. The Kier molecular flexibility index (Phi) is 17.8. The lowest BCUT2D eigenvalue weighted by Crippen LogP contribution is -2.64. The number of carbonyl (C=O) groups excluding carboxylic acids is 5. The van der Waals surface area contributed by atoms with Crippen molar-refractivity contribution in [3.05, 3.63) is 23.5 Å². The zero-order valence-corrected chi connectivity index (χ0v) is 35.9. The fraction of sp³-hybridized carbons (Fsp3) is 0.791. The number of fused-ring (bicyclic) bond motifs is 3. The maximum Gasteiger partial charge on any atom is 0.329 e. The molecule has 4 aliphatic rings. The Morgan fingerprint density at radius 3 is 2.25 bits per heavy atom. The van der Waals surface area contributed by atoms with Gasteiger partial charge in [0.25, 0.3) is 11.7 Å². The Balaban J connectivity index is 1.81. The molecule has 1 saturated carbocycles. The number of amides is 1. The van der Waals surface area contributed by atoms with E-state index in [1.807, 2.05) is 6.92 Å². The quantitative estimate of drug-likeness (QED) is 0.0686. The summed E-state index contributed by atoms with van der Waals surface area (Å²) in [6.45, 7) is 8.21. The van der Waals surface area contributed by atoms with Gasteiger partial charge in [0.05, 0.1) is 31.5 Å². The van der Waals surface area contributed by atoms with Crippen LogP contribution in [-0.4, -0.2) is 137 Å². The number of Topliss-reactive ketones (excluding diaryl/α,β-unsaturated/α-hetero) is 3. The van der Waals surface area contributed by atoms with Gasteiger partial charge in [-0.3, -0.25) is 24.4 Å². The molecule has 4 N–H and O–H groups in total. The number of nitrogens with zero attached hydrogens (tertiary/aromatic N) is 1. The predicted octanol–water partition coefficient (Wildman–Crippen LogP) is 3.47. The summed E-state index contributed by atoms with van der Waals surface area (Å²) < 4.78 is 29.3. The van der Waals surface area contributed by atoms with Gasteiger partial charge in [0.15, 0.2) is 6.10 Å². The molecule has 59 heavy (non-hydrogen) atoms. The Hall–Kier alpha value is -3.09. The molecule has 1 amide bonds. The number of allylic oxidation sites excluding steroid dienone is 3. The third-order valence-electron chi connectivity index (χ3n) is 12.8. The van der Waals surface area contributed by atoms with Gasteiger partial charge in [0.1, 0.15) is 35.6 Å². The van der Waals surface area contributed by atoms with Crippen LogP contribution in [0.15, 0.2) is 23.5 Å². The van der Waals surface area contributed by atoms with Gasteiger partial charge in [-0.05, 0) is 89.5 Å². The van der Waals surface area contributed by atoms with Crippen molar-refractivity contribution in [2.24, 2.45) is 29.6 Å². The molecule has 0 aromatic heterocycles. The zero-order valence-electron chi connectivity index (χ0n) is 35.9. The minimum Gasteiger partial charge on any atom is -0.497 e. The molecule has 14 unspecified atom stereocenters. The van der Waals surface area contributed by atoms with E-state index in [1.165, 1.54) is 28.3 Å². The number of rotatable bonds is 8. The molecule has 3 heterocycles. The van der Waals surface area contributed by atoms with Gasteiger partial charge in [-0.25, -0.2) is 9.68 Å². The lowest BCUT2D eigenvalue weighted by molar-refractivity contribution is -0.354. The first kappa shape index (κ1) is 48.6. The summed E-state index contributed by atoms with van der Waals surface area (Å²) >= 11 is 0. The Morgan fingerprint density at radius 2 is 1.63 bits per heavy atom. The molecule has 1 aliphatic carbocycles. The van der Waals surface area contributed by atoms with Crippen LogP contribution in [0.2, 0.25) is 0 Å². The summed E-state index contributed by atoms with van der Waals surface area (Å²) in [6, 6.07) is -1.27. The van der Waals surface area contributed by atoms with Crippen LogP contribution < -0.4 is 0 Å². The molecule has 4 rings (SSSR count). The first-order valence-corrected chi connectivity index (χ1v) is 21.0. The molecule has 334 valence electrons.